The van der Waals surface area contributed by atoms with E-state index in [1.165, 1.54) is 5.56 Å². The van der Waals surface area contributed by atoms with Gasteiger partial charge in [-0.05, 0) is 65.0 Å². The van der Waals surface area contributed by atoms with Crippen LogP contribution < -0.4 is 10.6 Å². The summed E-state index contributed by atoms with van der Waals surface area (Å²) in [6.07, 6.45) is 3.05. The largest absolute Gasteiger partial charge is 0.384 e. The molecule has 1 unspecified atom stereocenters. The van der Waals surface area contributed by atoms with Crippen molar-refractivity contribution in [2.45, 2.75) is 38.5 Å². The lowest BCUT2D eigenvalue weighted by atomic mass is 9.78. The number of thiophene rings is 1. The molecule has 0 radical (unpaired) electrons. The smallest absolute Gasteiger partial charge is 0.161 e. The molecular weight excluding hydrogens is 434 g/mol. The van der Waals surface area contributed by atoms with Gasteiger partial charge in [0.2, 0.25) is 0 Å². The Morgan fingerprint density at radius 1 is 1.25 bits per heavy atom. The molecule has 2 aliphatic rings. The zero-order chi connectivity index (χ0) is 19.8. The average Bonchev–Trinajstić information content (AvgIpc) is 3.13. The quantitative estimate of drug-likeness (QED) is 0.676. The predicted octanol–water partition coefficient (Wildman–Crippen LogP) is 5.38. The standard InChI is InChI=1S/C22H20BrN3OS/c1-2-13-6-8-14(9-7-13)26-16-4-3-5-17(27)21(16)20(15(12-24)22(26)25)18-10-11-19(23)28-18/h6-11,20H,2-5,25H2,1H3. The van der Waals surface area contributed by atoms with Gasteiger partial charge in [0.1, 0.15) is 5.82 Å². The summed E-state index contributed by atoms with van der Waals surface area (Å²) in [6.45, 7) is 2.11. The van der Waals surface area contributed by atoms with Crippen molar-refractivity contribution < 1.29 is 4.79 Å². The van der Waals surface area contributed by atoms with E-state index in [4.69, 9.17) is 5.73 Å². The first-order chi connectivity index (χ1) is 13.5. The zero-order valence-electron chi connectivity index (χ0n) is 15.5. The highest BCUT2D eigenvalue weighted by atomic mass is 79.9. The molecule has 2 heterocycles. The third-order valence-corrected chi connectivity index (χ3v) is 7.08. The average molecular weight is 454 g/mol. The molecule has 2 N–H and O–H groups in total. The molecule has 0 fully saturated rings. The van der Waals surface area contributed by atoms with E-state index in [1.807, 2.05) is 29.2 Å². The molecule has 0 bridgehead atoms. The summed E-state index contributed by atoms with van der Waals surface area (Å²) >= 11 is 5.04. The minimum atomic E-state index is -0.379. The van der Waals surface area contributed by atoms with Gasteiger partial charge in [-0.1, -0.05) is 19.1 Å². The molecule has 0 amide bonds. The van der Waals surface area contributed by atoms with Gasteiger partial charge in [0, 0.05) is 28.3 Å². The number of carbonyl (C=O) groups excluding carboxylic acids is 1. The Balaban J connectivity index is 1.92. The number of benzene rings is 1. The van der Waals surface area contributed by atoms with Crippen LogP contribution in [0.5, 0.6) is 0 Å². The lowest BCUT2D eigenvalue weighted by Gasteiger charge is -2.39. The van der Waals surface area contributed by atoms with Gasteiger partial charge in [0.15, 0.2) is 5.78 Å². The van der Waals surface area contributed by atoms with Crippen LogP contribution in [-0.4, -0.2) is 5.78 Å². The molecule has 142 valence electrons. The summed E-state index contributed by atoms with van der Waals surface area (Å²) in [5, 5.41) is 9.97. The van der Waals surface area contributed by atoms with Gasteiger partial charge in [-0.15, -0.1) is 11.3 Å². The van der Waals surface area contributed by atoms with Crippen molar-refractivity contribution in [2.75, 3.05) is 4.90 Å². The number of allylic oxidation sites excluding steroid dienone is 3. The summed E-state index contributed by atoms with van der Waals surface area (Å²) in [5.74, 6) is 0.163. The van der Waals surface area contributed by atoms with Gasteiger partial charge in [0.05, 0.1) is 21.3 Å². The van der Waals surface area contributed by atoms with E-state index in [9.17, 15) is 10.1 Å². The number of carbonyl (C=O) groups is 1. The number of anilines is 1. The van der Waals surface area contributed by atoms with Gasteiger partial charge in [-0.3, -0.25) is 9.69 Å². The van der Waals surface area contributed by atoms with Crippen LogP contribution in [0.25, 0.3) is 0 Å². The van der Waals surface area contributed by atoms with E-state index in [0.29, 0.717) is 17.8 Å². The Kier molecular flexibility index (Phi) is 5.13. The second-order valence-electron chi connectivity index (χ2n) is 6.98. The Labute approximate surface area is 177 Å². The lowest BCUT2D eigenvalue weighted by molar-refractivity contribution is -0.116. The van der Waals surface area contributed by atoms with Crippen LogP contribution >= 0.6 is 27.3 Å². The van der Waals surface area contributed by atoms with E-state index in [2.05, 4.69) is 41.1 Å². The molecule has 0 saturated carbocycles. The first-order valence-corrected chi connectivity index (χ1v) is 11.0. The number of halogens is 1. The van der Waals surface area contributed by atoms with Crippen molar-refractivity contribution in [2.24, 2.45) is 5.73 Å². The molecule has 28 heavy (non-hydrogen) atoms. The summed E-state index contributed by atoms with van der Waals surface area (Å²) in [4.78, 5) is 15.9. The number of nitrogens with zero attached hydrogens (tertiary/aromatic N) is 2. The van der Waals surface area contributed by atoms with Gasteiger partial charge in [-0.25, -0.2) is 0 Å². The number of nitriles is 1. The Morgan fingerprint density at radius 3 is 2.61 bits per heavy atom. The molecule has 1 aliphatic carbocycles. The van der Waals surface area contributed by atoms with E-state index >= 15 is 0 Å². The molecule has 1 aliphatic heterocycles. The Bertz CT molecular complexity index is 1040. The number of aryl methyl sites for hydroxylation is 1. The molecule has 0 spiro atoms. The fraction of sp³-hybridized carbons (Fsp3) is 0.273. The topological polar surface area (TPSA) is 70.1 Å². The minimum Gasteiger partial charge on any atom is -0.384 e. The predicted molar refractivity (Wildman–Crippen MR) is 116 cm³/mol. The number of nitrogens with two attached hydrogens (primary N) is 1. The van der Waals surface area contributed by atoms with Crippen molar-refractivity contribution in [3.05, 3.63) is 73.3 Å². The minimum absolute atomic E-state index is 0.117. The van der Waals surface area contributed by atoms with Crippen molar-refractivity contribution in [1.29, 1.82) is 5.26 Å². The second kappa shape index (κ2) is 7.57. The molecule has 1 aromatic heterocycles. The second-order valence-corrected chi connectivity index (χ2v) is 9.47. The van der Waals surface area contributed by atoms with Gasteiger partial charge < -0.3 is 5.73 Å². The Hall–Kier alpha value is -2.36. The SMILES string of the molecule is CCc1ccc(N2C(N)=C(C#N)C(c3ccc(Br)s3)C3=C2CCCC3=O)cc1. The number of Topliss-reactive ketones (excluding diaryl/α,β-unsaturated/α-hetero) is 1. The van der Waals surface area contributed by atoms with Crippen LogP contribution in [0.3, 0.4) is 0 Å². The van der Waals surface area contributed by atoms with E-state index in [-0.39, 0.29) is 11.7 Å². The number of ketones is 1. The molecule has 6 heteroatoms. The van der Waals surface area contributed by atoms with Crippen LogP contribution in [0, 0.1) is 11.3 Å². The number of hydrogen-bond acceptors (Lipinski definition) is 5. The summed E-state index contributed by atoms with van der Waals surface area (Å²) in [5.41, 5.74) is 10.8. The summed E-state index contributed by atoms with van der Waals surface area (Å²) < 4.78 is 0.973. The van der Waals surface area contributed by atoms with Crippen LogP contribution in [0.4, 0.5) is 5.69 Å². The third-order valence-electron chi connectivity index (χ3n) is 5.39. The molecule has 4 nitrogen and oxygen atoms in total. The van der Waals surface area contributed by atoms with Crippen molar-refractivity contribution in [3.8, 4) is 6.07 Å². The van der Waals surface area contributed by atoms with E-state index < -0.39 is 0 Å². The van der Waals surface area contributed by atoms with Crippen LogP contribution in [0.1, 0.15) is 42.5 Å². The molecular formula is C22H20BrN3OS. The van der Waals surface area contributed by atoms with Crippen molar-refractivity contribution in [1.82, 2.24) is 0 Å². The van der Waals surface area contributed by atoms with Crippen molar-refractivity contribution >= 4 is 38.7 Å². The zero-order valence-corrected chi connectivity index (χ0v) is 17.9. The highest BCUT2D eigenvalue weighted by Gasteiger charge is 2.40. The highest BCUT2D eigenvalue weighted by Crippen LogP contribution is 2.48. The third kappa shape index (κ3) is 3.09. The van der Waals surface area contributed by atoms with Gasteiger partial charge >= 0.3 is 0 Å². The van der Waals surface area contributed by atoms with Gasteiger partial charge in [0.25, 0.3) is 0 Å². The van der Waals surface area contributed by atoms with Crippen LogP contribution in [0.15, 0.2) is 62.8 Å². The first-order valence-electron chi connectivity index (χ1n) is 9.35. The van der Waals surface area contributed by atoms with Crippen molar-refractivity contribution in [3.63, 3.8) is 0 Å². The first kappa shape index (κ1) is 19.0. The lowest BCUT2D eigenvalue weighted by Crippen LogP contribution is -2.38. The van der Waals surface area contributed by atoms with Crippen LogP contribution in [-0.2, 0) is 11.2 Å². The summed E-state index contributed by atoms with van der Waals surface area (Å²) in [6, 6.07) is 14.4. The molecule has 4 rings (SSSR count). The van der Waals surface area contributed by atoms with Gasteiger partial charge in [-0.2, -0.15) is 5.26 Å². The molecule has 2 aromatic rings. The molecule has 1 atom stereocenters. The normalized spacial score (nSPS) is 19.7. The maximum absolute atomic E-state index is 13.0. The van der Waals surface area contributed by atoms with E-state index in [0.717, 1.165) is 44.9 Å². The fourth-order valence-electron chi connectivity index (χ4n) is 4.03. The van der Waals surface area contributed by atoms with Crippen LogP contribution in [0.2, 0.25) is 0 Å². The highest BCUT2D eigenvalue weighted by molar-refractivity contribution is 9.11. The van der Waals surface area contributed by atoms with E-state index in [1.54, 1.807) is 11.3 Å². The number of hydrogen-bond donors (Lipinski definition) is 1. The Morgan fingerprint density at radius 2 is 2.00 bits per heavy atom. The monoisotopic (exact) mass is 453 g/mol. The maximum atomic E-state index is 13.0. The molecule has 1 aromatic carbocycles. The maximum Gasteiger partial charge on any atom is 0.161 e. The fourth-order valence-corrected chi connectivity index (χ4v) is 5.57. The summed E-state index contributed by atoms with van der Waals surface area (Å²) in [7, 11) is 0. The number of rotatable bonds is 3. The molecule has 0 saturated heterocycles.